The van der Waals surface area contributed by atoms with Crippen molar-refractivity contribution < 1.29 is 0 Å². The average molecular weight is 199 g/mol. The summed E-state index contributed by atoms with van der Waals surface area (Å²) in [7, 11) is 2.17. The lowest BCUT2D eigenvalue weighted by atomic mass is 10.1. The molecule has 14 heavy (non-hydrogen) atoms. The molecule has 0 spiro atoms. The molecule has 3 heteroatoms. The minimum absolute atomic E-state index is 0.314. The molecule has 1 atom stereocenters. The van der Waals surface area contributed by atoms with Crippen LogP contribution in [0.4, 0.5) is 0 Å². The molecule has 0 aliphatic rings. The van der Waals surface area contributed by atoms with Crippen LogP contribution >= 0.6 is 0 Å². The summed E-state index contributed by atoms with van der Waals surface area (Å²) in [6.45, 7) is 5.61. The number of amidine groups is 1. The summed E-state index contributed by atoms with van der Waals surface area (Å²) in [5.41, 5.74) is 5.29. The van der Waals surface area contributed by atoms with Crippen LogP contribution in [-0.2, 0) is 0 Å². The second-order valence-corrected chi connectivity index (χ2v) is 4.10. The normalized spacial score (nSPS) is 13.1. The summed E-state index contributed by atoms with van der Waals surface area (Å²) in [5.74, 6) is 0.314. The SMILES string of the molecule is CCCC(C)N(C)CCCCC(=N)N. The molecule has 3 N–H and O–H groups in total. The van der Waals surface area contributed by atoms with Crippen molar-refractivity contribution in [3.8, 4) is 0 Å². The number of rotatable bonds is 8. The van der Waals surface area contributed by atoms with E-state index in [1.807, 2.05) is 0 Å². The zero-order valence-corrected chi connectivity index (χ0v) is 9.84. The van der Waals surface area contributed by atoms with E-state index >= 15 is 0 Å². The molecule has 0 fully saturated rings. The maximum Gasteiger partial charge on any atom is 0.0905 e. The van der Waals surface area contributed by atoms with Crippen molar-refractivity contribution in [1.29, 1.82) is 5.41 Å². The van der Waals surface area contributed by atoms with E-state index in [1.165, 1.54) is 12.8 Å². The fourth-order valence-corrected chi connectivity index (χ4v) is 1.54. The highest BCUT2D eigenvalue weighted by atomic mass is 15.1. The average Bonchev–Trinajstić information content (AvgIpc) is 2.12. The summed E-state index contributed by atoms with van der Waals surface area (Å²) in [5, 5.41) is 7.09. The summed E-state index contributed by atoms with van der Waals surface area (Å²) < 4.78 is 0. The first-order valence-corrected chi connectivity index (χ1v) is 5.61. The topological polar surface area (TPSA) is 53.1 Å². The van der Waals surface area contributed by atoms with E-state index in [1.54, 1.807) is 0 Å². The quantitative estimate of drug-likeness (QED) is 0.358. The molecule has 0 saturated carbocycles. The molecule has 0 aliphatic heterocycles. The van der Waals surface area contributed by atoms with E-state index in [4.69, 9.17) is 11.1 Å². The van der Waals surface area contributed by atoms with Crippen molar-refractivity contribution in [2.75, 3.05) is 13.6 Å². The third kappa shape index (κ3) is 6.89. The zero-order chi connectivity index (χ0) is 11.0. The van der Waals surface area contributed by atoms with Crippen molar-refractivity contribution in [3.05, 3.63) is 0 Å². The highest BCUT2D eigenvalue weighted by Gasteiger charge is 2.06. The van der Waals surface area contributed by atoms with Crippen LogP contribution in [0.15, 0.2) is 0 Å². The molecule has 84 valence electrons. The predicted molar refractivity (Wildman–Crippen MR) is 62.8 cm³/mol. The monoisotopic (exact) mass is 199 g/mol. The Labute approximate surface area is 88.2 Å². The Morgan fingerprint density at radius 2 is 2.07 bits per heavy atom. The van der Waals surface area contributed by atoms with Crippen LogP contribution in [0.3, 0.4) is 0 Å². The fraction of sp³-hybridized carbons (Fsp3) is 0.909. The van der Waals surface area contributed by atoms with Crippen LogP contribution in [0, 0.1) is 5.41 Å². The van der Waals surface area contributed by atoms with Gasteiger partial charge < -0.3 is 10.6 Å². The van der Waals surface area contributed by atoms with Gasteiger partial charge in [0.15, 0.2) is 0 Å². The molecule has 0 heterocycles. The molecule has 0 rings (SSSR count). The van der Waals surface area contributed by atoms with Gasteiger partial charge >= 0.3 is 0 Å². The van der Waals surface area contributed by atoms with Gasteiger partial charge in [0, 0.05) is 12.5 Å². The lowest BCUT2D eigenvalue weighted by Crippen LogP contribution is -2.29. The van der Waals surface area contributed by atoms with Crippen molar-refractivity contribution in [2.45, 2.75) is 52.0 Å². The largest absolute Gasteiger partial charge is 0.388 e. The van der Waals surface area contributed by atoms with Gasteiger partial charge in [-0.1, -0.05) is 13.3 Å². The third-order valence-corrected chi connectivity index (χ3v) is 2.67. The fourth-order valence-electron chi connectivity index (χ4n) is 1.54. The van der Waals surface area contributed by atoms with Gasteiger partial charge in [0.1, 0.15) is 0 Å². The number of hydrogen-bond donors (Lipinski definition) is 2. The van der Waals surface area contributed by atoms with Gasteiger partial charge in [-0.15, -0.1) is 0 Å². The number of unbranched alkanes of at least 4 members (excludes halogenated alkanes) is 1. The molecule has 0 bridgehead atoms. The van der Waals surface area contributed by atoms with E-state index in [0.717, 1.165) is 25.8 Å². The molecule has 0 aliphatic carbocycles. The smallest absolute Gasteiger partial charge is 0.0905 e. The van der Waals surface area contributed by atoms with Crippen molar-refractivity contribution in [1.82, 2.24) is 4.90 Å². The molecule has 0 aromatic carbocycles. The van der Waals surface area contributed by atoms with Crippen LogP contribution < -0.4 is 5.73 Å². The summed E-state index contributed by atoms with van der Waals surface area (Å²) in [4.78, 5) is 2.39. The zero-order valence-electron chi connectivity index (χ0n) is 9.84. The maximum absolute atomic E-state index is 7.09. The van der Waals surface area contributed by atoms with Crippen LogP contribution in [0.1, 0.15) is 46.0 Å². The minimum Gasteiger partial charge on any atom is -0.388 e. The Hall–Kier alpha value is -0.570. The van der Waals surface area contributed by atoms with Crippen LogP contribution in [0.5, 0.6) is 0 Å². The Bertz CT molecular complexity index is 157. The van der Waals surface area contributed by atoms with Crippen molar-refractivity contribution >= 4 is 5.84 Å². The number of nitrogens with zero attached hydrogens (tertiary/aromatic N) is 1. The molecular weight excluding hydrogens is 174 g/mol. The van der Waals surface area contributed by atoms with Gasteiger partial charge in [0.05, 0.1) is 5.84 Å². The van der Waals surface area contributed by atoms with E-state index in [2.05, 4.69) is 25.8 Å². The first-order valence-electron chi connectivity index (χ1n) is 5.61. The first kappa shape index (κ1) is 13.4. The molecular formula is C11H25N3. The molecule has 3 nitrogen and oxygen atoms in total. The lowest BCUT2D eigenvalue weighted by Gasteiger charge is -2.24. The first-order chi connectivity index (χ1) is 6.57. The third-order valence-electron chi connectivity index (χ3n) is 2.67. The van der Waals surface area contributed by atoms with Gasteiger partial charge in [0.25, 0.3) is 0 Å². The van der Waals surface area contributed by atoms with Gasteiger partial charge in [-0.25, -0.2) is 0 Å². The van der Waals surface area contributed by atoms with E-state index < -0.39 is 0 Å². The molecule has 0 amide bonds. The molecule has 0 aromatic heterocycles. The van der Waals surface area contributed by atoms with Gasteiger partial charge in [-0.2, -0.15) is 0 Å². The lowest BCUT2D eigenvalue weighted by molar-refractivity contribution is 0.241. The maximum atomic E-state index is 7.09. The Morgan fingerprint density at radius 3 is 2.57 bits per heavy atom. The van der Waals surface area contributed by atoms with Crippen LogP contribution in [-0.4, -0.2) is 30.4 Å². The highest BCUT2D eigenvalue weighted by molar-refractivity contribution is 5.76. The predicted octanol–water partition coefficient (Wildman–Crippen LogP) is 2.21. The van der Waals surface area contributed by atoms with Gasteiger partial charge in [-0.05, 0) is 39.8 Å². The Kier molecular flexibility index (Phi) is 7.48. The van der Waals surface area contributed by atoms with E-state index in [-0.39, 0.29) is 0 Å². The summed E-state index contributed by atoms with van der Waals surface area (Å²) in [6.07, 6.45) is 5.45. The van der Waals surface area contributed by atoms with Crippen LogP contribution in [0.2, 0.25) is 0 Å². The van der Waals surface area contributed by atoms with E-state index in [0.29, 0.717) is 11.9 Å². The Balaban J connectivity index is 3.43. The minimum atomic E-state index is 0.314. The number of nitrogens with one attached hydrogen (secondary N) is 1. The van der Waals surface area contributed by atoms with Gasteiger partial charge in [-0.3, -0.25) is 5.41 Å². The highest BCUT2D eigenvalue weighted by Crippen LogP contribution is 2.05. The van der Waals surface area contributed by atoms with Crippen LogP contribution in [0.25, 0.3) is 0 Å². The molecule has 1 unspecified atom stereocenters. The summed E-state index contributed by atoms with van der Waals surface area (Å²) in [6, 6.07) is 0.678. The standard InChI is InChI=1S/C11H25N3/c1-4-7-10(2)14(3)9-6-5-8-11(12)13/h10H,4-9H2,1-3H3,(H3,12,13). The Morgan fingerprint density at radius 1 is 1.43 bits per heavy atom. The second kappa shape index (κ2) is 7.80. The number of hydrogen-bond acceptors (Lipinski definition) is 2. The number of nitrogens with two attached hydrogens (primary N) is 1. The van der Waals surface area contributed by atoms with Gasteiger partial charge in [0.2, 0.25) is 0 Å². The molecule has 0 radical (unpaired) electrons. The molecule has 0 saturated heterocycles. The van der Waals surface area contributed by atoms with Crippen molar-refractivity contribution in [3.63, 3.8) is 0 Å². The van der Waals surface area contributed by atoms with Crippen molar-refractivity contribution in [2.24, 2.45) is 5.73 Å². The second-order valence-electron chi connectivity index (χ2n) is 4.10. The summed E-state index contributed by atoms with van der Waals surface area (Å²) >= 11 is 0. The molecule has 0 aromatic rings. The van der Waals surface area contributed by atoms with E-state index in [9.17, 15) is 0 Å².